The summed E-state index contributed by atoms with van der Waals surface area (Å²) in [6.07, 6.45) is 2.49. The zero-order valence-electron chi connectivity index (χ0n) is 6.96. The van der Waals surface area contributed by atoms with Crippen LogP contribution in [0.25, 0.3) is 0 Å². The number of thioether (sulfide) groups is 1. The highest BCUT2D eigenvalue weighted by Crippen LogP contribution is 2.18. The van der Waals surface area contributed by atoms with Crippen LogP contribution in [0.2, 0.25) is 0 Å². The average molecular weight is 171 g/mol. The van der Waals surface area contributed by atoms with Crippen LogP contribution in [-0.4, -0.2) is 10.9 Å². The number of aryl methyl sites for hydroxylation is 1. The van der Waals surface area contributed by atoms with Gasteiger partial charge in [0, 0.05) is 6.07 Å². The molecule has 0 N–H and O–H groups in total. The third kappa shape index (κ3) is 2.97. The highest BCUT2D eigenvalue weighted by Gasteiger charge is 1.98. The molecule has 1 aromatic rings. The van der Waals surface area contributed by atoms with Crippen molar-refractivity contribution in [3.63, 3.8) is 0 Å². The Bertz CT molecular complexity index is 210. The van der Waals surface area contributed by atoms with Crippen molar-refractivity contribution in [1.82, 2.24) is 5.16 Å². The zero-order chi connectivity index (χ0) is 8.10. The van der Waals surface area contributed by atoms with Crippen LogP contribution in [0.5, 0.6) is 0 Å². The van der Waals surface area contributed by atoms with Crippen LogP contribution in [0.15, 0.2) is 15.6 Å². The van der Waals surface area contributed by atoms with Gasteiger partial charge < -0.3 is 4.52 Å². The van der Waals surface area contributed by atoms with Crippen LogP contribution in [0.4, 0.5) is 0 Å². The van der Waals surface area contributed by atoms with Gasteiger partial charge in [0.05, 0.1) is 0 Å². The molecule has 11 heavy (non-hydrogen) atoms. The predicted molar refractivity (Wildman–Crippen MR) is 46.9 cm³/mol. The summed E-state index contributed by atoms with van der Waals surface area (Å²) in [5.74, 6) is 2.03. The molecule has 0 saturated heterocycles. The van der Waals surface area contributed by atoms with Crippen LogP contribution in [-0.2, 0) is 0 Å². The number of hydrogen-bond acceptors (Lipinski definition) is 3. The van der Waals surface area contributed by atoms with Gasteiger partial charge in [-0.1, -0.05) is 18.5 Å². The van der Waals surface area contributed by atoms with Crippen LogP contribution in [0.3, 0.4) is 0 Å². The predicted octanol–water partition coefficient (Wildman–Crippen LogP) is 2.88. The first-order valence-corrected chi connectivity index (χ1v) is 4.87. The van der Waals surface area contributed by atoms with E-state index in [0.717, 1.165) is 16.5 Å². The summed E-state index contributed by atoms with van der Waals surface area (Å²) in [6, 6.07) is 1.97. The standard InChI is InChI=1S/C8H13NOS/c1-3-4-5-11-8-6-7(2)10-9-8/h6H,3-5H2,1-2H3. The van der Waals surface area contributed by atoms with Gasteiger partial charge >= 0.3 is 0 Å². The molecular weight excluding hydrogens is 158 g/mol. The van der Waals surface area contributed by atoms with Crippen molar-refractivity contribution < 1.29 is 4.52 Å². The largest absolute Gasteiger partial charge is 0.361 e. The molecule has 0 aliphatic carbocycles. The molecule has 3 heteroatoms. The summed E-state index contributed by atoms with van der Waals surface area (Å²) in [5.41, 5.74) is 0. The van der Waals surface area contributed by atoms with Gasteiger partial charge in [-0.25, -0.2) is 0 Å². The second-order valence-corrected chi connectivity index (χ2v) is 3.59. The van der Waals surface area contributed by atoms with Crippen LogP contribution in [0, 0.1) is 6.92 Å². The maximum Gasteiger partial charge on any atom is 0.140 e. The van der Waals surface area contributed by atoms with Crippen molar-refractivity contribution in [2.75, 3.05) is 5.75 Å². The Labute approximate surface area is 71.3 Å². The Morgan fingerprint density at radius 3 is 3.00 bits per heavy atom. The Kier molecular flexibility index (Phi) is 3.49. The van der Waals surface area contributed by atoms with Crippen LogP contribution in [0.1, 0.15) is 25.5 Å². The molecule has 2 nitrogen and oxygen atoms in total. The molecule has 1 heterocycles. The fraction of sp³-hybridized carbons (Fsp3) is 0.625. The maximum atomic E-state index is 4.92. The molecule has 0 aliphatic rings. The number of rotatable bonds is 4. The van der Waals surface area contributed by atoms with Crippen molar-refractivity contribution in [2.24, 2.45) is 0 Å². The fourth-order valence-corrected chi connectivity index (χ4v) is 1.71. The smallest absolute Gasteiger partial charge is 0.140 e. The van der Waals surface area contributed by atoms with Crippen molar-refractivity contribution in [1.29, 1.82) is 0 Å². The Balaban J connectivity index is 2.27. The summed E-state index contributed by atoms with van der Waals surface area (Å²) in [7, 11) is 0. The van der Waals surface area contributed by atoms with E-state index < -0.39 is 0 Å². The van der Waals surface area contributed by atoms with Crippen molar-refractivity contribution in [3.05, 3.63) is 11.8 Å². The summed E-state index contributed by atoms with van der Waals surface area (Å²) >= 11 is 1.76. The van der Waals surface area contributed by atoms with E-state index in [9.17, 15) is 0 Å². The van der Waals surface area contributed by atoms with Gasteiger partial charge in [0.25, 0.3) is 0 Å². The molecule has 0 radical (unpaired) electrons. The van der Waals surface area contributed by atoms with Gasteiger partial charge in [0.1, 0.15) is 10.8 Å². The molecule has 0 bridgehead atoms. The molecule has 0 unspecified atom stereocenters. The maximum absolute atomic E-state index is 4.92. The van der Waals surface area contributed by atoms with Gasteiger partial charge in [-0.15, -0.1) is 11.8 Å². The number of aromatic nitrogens is 1. The van der Waals surface area contributed by atoms with E-state index in [2.05, 4.69) is 12.1 Å². The van der Waals surface area contributed by atoms with E-state index in [-0.39, 0.29) is 0 Å². The molecule has 0 saturated carbocycles. The molecule has 0 aromatic carbocycles. The summed E-state index contributed by atoms with van der Waals surface area (Å²) in [5, 5.41) is 4.89. The lowest BCUT2D eigenvalue weighted by Gasteiger charge is -1.91. The minimum absolute atomic E-state index is 0.893. The highest BCUT2D eigenvalue weighted by atomic mass is 32.2. The second kappa shape index (κ2) is 4.44. The Hall–Kier alpha value is -0.440. The average Bonchev–Trinajstić information content (AvgIpc) is 2.37. The zero-order valence-corrected chi connectivity index (χ0v) is 7.78. The van der Waals surface area contributed by atoms with Gasteiger partial charge in [-0.2, -0.15) is 0 Å². The lowest BCUT2D eigenvalue weighted by Crippen LogP contribution is -1.76. The van der Waals surface area contributed by atoms with E-state index in [1.165, 1.54) is 12.8 Å². The number of nitrogens with zero attached hydrogens (tertiary/aromatic N) is 1. The number of hydrogen-bond donors (Lipinski definition) is 0. The molecule has 1 rings (SSSR count). The van der Waals surface area contributed by atoms with Crippen LogP contribution < -0.4 is 0 Å². The van der Waals surface area contributed by atoms with E-state index in [4.69, 9.17) is 4.52 Å². The summed E-state index contributed by atoms with van der Waals surface area (Å²) in [6.45, 7) is 4.10. The Morgan fingerprint density at radius 2 is 2.45 bits per heavy atom. The van der Waals surface area contributed by atoms with E-state index in [1.807, 2.05) is 13.0 Å². The fourth-order valence-electron chi connectivity index (χ4n) is 0.733. The third-order valence-electron chi connectivity index (χ3n) is 1.35. The minimum Gasteiger partial charge on any atom is -0.361 e. The van der Waals surface area contributed by atoms with Crippen molar-refractivity contribution in [2.45, 2.75) is 31.7 Å². The normalized spacial score (nSPS) is 10.4. The topological polar surface area (TPSA) is 26.0 Å². The van der Waals surface area contributed by atoms with Gasteiger partial charge in [0.2, 0.25) is 0 Å². The first-order valence-electron chi connectivity index (χ1n) is 3.89. The van der Waals surface area contributed by atoms with Gasteiger partial charge in [-0.3, -0.25) is 0 Å². The van der Waals surface area contributed by atoms with Gasteiger partial charge in [0.15, 0.2) is 0 Å². The molecule has 0 spiro atoms. The van der Waals surface area contributed by atoms with Crippen molar-refractivity contribution >= 4 is 11.8 Å². The second-order valence-electron chi connectivity index (χ2n) is 2.48. The Morgan fingerprint density at radius 1 is 1.64 bits per heavy atom. The third-order valence-corrected chi connectivity index (χ3v) is 2.34. The van der Waals surface area contributed by atoms with E-state index in [1.54, 1.807) is 11.8 Å². The molecule has 62 valence electrons. The van der Waals surface area contributed by atoms with Crippen LogP contribution >= 0.6 is 11.8 Å². The summed E-state index contributed by atoms with van der Waals surface area (Å²) in [4.78, 5) is 0. The monoisotopic (exact) mass is 171 g/mol. The molecule has 1 aromatic heterocycles. The molecule has 0 aliphatic heterocycles. The SMILES string of the molecule is CCCCSc1cc(C)on1. The first kappa shape index (κ1) is 8.65. The molecule has 0 atom stereocenters. The summed E-state index contributed by atoms with van der Waals surface area (Å²) < 4.78 is 4.92. The number of unbranched alkanes of at least 4 members (excludes halogenated alkanes) is 1. The quantitative estimate of drug-likeness (QED) is 0.514. The van der Waals surface area contributed by atoms with E-state index in [0.29, 0.717) is 0 Å². The minimum atomic E-state index is 0.893. The molecule has 0 amide bonds. The highest BCUT2D eigenvalue weighted by molar-refractivity contribution is 7.99. The lowest BCUT2D eigenvalue weighted by atomic mass is 10.4. The van der Waals surface area contributed by atoms with Gasteiger partial charge in [-0.05, 0) is 19.1 Å². The lowest BCUT2D eigenvalue weighted by molar-refractivity contribution is 0.383. The van der Waals surface area contributed by atoms with Crippen molar-refractivity contribution in [3.8, 4) is 0 Å². The molecule has 0 fully saturated rings. The first-order chi connectivity index (χ1) is 5.33. The molecular formula is C8H13NOS. The van der Waals surface area contributed by atoms with E-state index >= 15 is 0 Å².